The van der Waals surface area contributed by atoms with Crippen molar-refractivity contribution < 1.29 is 5.11 Å². The summed E-state index contributed by atoms with van der Waals surface area (Å²) in [5.74, 6) is 0.684. The molecule has 1 saturated carbocycles. The SMILES string of the molecule is C[C@@]12CCC3C[C@@H](O)CC3=C1CCc1ccccc12. The Balaban J connectivity index is 1.88. The van der Waals surface area contributed by atoms with E-state index in [0.717, 1.165) is 12.8 Å². The summed E-state index contributed by atoms with van der Waals surface area (Å²) in [5.41, 5.74) is 6.66. The number of aliphatic hydroxyl groups excluding tert-OH is 1. The normalized spacial score (nSPS) is 36.7. The second-order valence-corrected chi connectivity index (χ2v) is 6.82. The minimum Gasteiger partial charge on any atom is -0.393 e. The highest BCUT2D eigenvalue weighted by molar-refractivity contribution is 5.49. The zero-order valence-corrected chi connectivity index (χ0v) is 11.7. The van der Waals surface area contributed by atoms with Crippen LogP contribution >= 0.6 is 0 Å². The smallest absolute Gasteiger partial charge is 0.0583 e. The van der Waals surface area contributed by atoms with Crippen molar-refractivity contribution >= 4 is 0 Å². The van der Waals surface area contributed by atoms with E-state index in [1.165, 1.54) is 25.7 Å². The highest BCUT2D eigenvalue weighted by Gasteiger charge is 2.44. The summed E-state index contributed by atoms with van der Waals surface area (Å²) < 4.78 is 0. The molecule has 0 radical (unpaired) electrons. The van der Waals surface area contributed by atoms with Crippen molar-refractivity contribution in [2.75, 3.05) is 0 Å². The second kappa shape index (κ2) is 3.96. The van der Waals surface area contributed by atoms with Gasteiger partial charge in [-0.2, -0.15) is 0 Å². The molecule has 0 saturated heterocycles. The first kappa shape index (κ1) is 11.7. The molecule has 3 aliphatic rings. The molecule has 3 atom stereocenters. The van der Waals surface area contributed by atoms with E-state index < -0.39 is 0 Å². The first-order chi connectivity index (χ1) is 9.18. The van der Waals surface area contributed by atoms with E-state index in [1.54, 1.807) is 22.3 Å². The van der Waals surface area contributed by atoms with Gasteiger partial charge in [0.15, 0.2) is 0 Å². The maximum atomic E-state index is 10.00. The fraction of sp³-hybridized carbons (Fsp3) is 0.556. The third-order valence-electron chi connectivity index (χ3n) is 5.81. The van der Waals surface area contributed by atoms with Crippen LogP contribution in [-0.2, 0) is 11.8 Å². The molecule has 4 rings (SSSR count). The summed E-state index contributed by atoms with van der Waals surface area (Å²) in [6.07, 6.45) is 6.81. The number of benzene rings is 1. The zero-order valence-electron chi connectivity index (χ0n) is 11.7. The van der Waals surface area contributed by atoms with E-state index in [-0.39, 0.29) is 11.5 Å². The first-order valence-electron chi connectivity index (χ1n) is 7.67. The molecule has 0 amide bonds. The van der Waals surface area contributed by atoms with Crippen LogP contribution in [0.1, 0.15) is 50.2 Å². The predicted octanol–water partition coefficient (Wildman–Crippen LogP) is 3.75. The van der Waals surface area contributed by atoms with Crippen molar-refractivity contribution in [1.29, 1.82) is 0 Å². The largest absolute Gasteiger partial charge is 0.393 e. The summed E-state index contributed by atoms with van der Waals surface area (Å²) in [7, 11) is 0. The second-order valence-electron chi connectivity index (χ2n) is 6.82. The molecule has 0 aromatic heterocycles. The van der Waals surface area contributed by atoms with Crippen molar-refractivity contribution in [1.82, 2.24) is 0 Å². The summed E-state index contributed by atoms with van der Waals surface area (Å²) in [6, 6.07) is 9.00. The van der Waals surface area contributed by atoms with Crippen molar-refractivity contribution in [2.24, 2.45) is 5.92 Å². The van der Waals surface area contributed by atoms with Crippen LogP contribution in [-0.4, -0.2) is 11.2 Å². The Kier molecular flexibility index (Phi) is 2.44. The Morgan fingerprint density at radius 3 is 2.95 bits per heavy atom. The van der Waals surface area contributed by atoms with Crippen molar-refractivity contribution in [3.63, 3.8) is 0 Å². The molecule has 0 bridgehead atoms. The average Bonchev–Trinajstić information content (AvgIpc) is 2.79. The van der Waals surface area contributed by atoms with Crippen molar-refractivity contribution in [3.05, 3.63) is 46.5 Å². The third-order valence-corrected chi connectivity index (χ3v) is 5.81. The molecule has 1 fully saturated rings. The Morgan fingerprint density at radius 1 is 1.21 bits per heavy atom. The van der Waals surface area contributed by atoms with Crippen LogP contribution in [0.5, 0.6) is 0 Å². The van der Waals surface area contributed by atoms with Crippen LogP contribution in [0.25, 0.3) is 0 Å². The van der Waals surface area contributed by atoms with E-state index in [1.807, 2.05) is 0 Å². The molecular weight excluding hydrogens is 232 g/mol. The molecule has 100 valence electrons. The maximum Gasteiger partial charge on any atom is 0.0583 e. The number of aryl methyl sites for hydroxylation is 1. The van der Waals surface area contributed by atoms with E-state index in [2.05, 4.69) is 31.2 Å². The number of aliphatic hydroxyl groups is 1. The van der Waals surface area contributed by atoms with Gasteiger partial charge < -0.3 is 5.11 Å². The highest BCUT2D eigenvalue weighted by atomic mass is 16.3. The predicted molar refractivity (Wildman–Crippen MR) is 77.1 cm³/mol. The van der Waals surface area contributed by atoms with Gasteiger partial charge in [-0.25, -0.2) is 0 Å². The molecule has 0 heterocycles. The van der Waals surface area contributed by atoms with Gasteiger partial charge in [0.25, 0.3) is 0 Å². The summed E-state index contributed by atoms with van der Waals surface area (Å²) in [5, 5.41) is 10.00. The van der Waals surface area contributed by atoms with Crippen molar-refractivity contribution in [3.8, 4) is 0 Å². The van der Waals surface area contributed by atoms with Gasteiger partial charge in [0, 0.05) is 5.41 Å². The molecule has 1 heteroatoms. The molecule has 19 heavy (non-hydrogen) atoms. The third kappa shape index (κ3) is 1.57. The van der Waals surface area contributed by atoms with E-state index in [4.69, 9.17) is 0 Å². The van der Waals surface area contributed by atoms with Crippen LogP contribution < -0.4 is 0 Å². The van der Waals surface area contributed by atoms with Gasteiger partial charge in [0.1, 0.15) is 0 Å². The average molecular weight is 254 g/mol. The van der Waals surface area contributed by atoms with Crippen LogP contribution in [0.4, 0.5) is 0 Å². The summed E-state index contributed by atoms with van der Waals surface area (Å²) >= 11 is 0. The monoisotopic (exact) mass is 254 g/mol. The lowest BCUT2D eigenvalue weighted by molar-refractivity contribution is 0.177. The van der Waals surface area contributed by atoms with Crippen LogP contribution in [0, 0.1) is 5.92 Å². The summed E-state index contributed by atoms with van der Waals surface area (Å²) in [4.78, 5) is 0. The molecule has 1 N–H and O–H groups in total. The number of rotatable bonds is 0. The molecule has 1 unspecified atom stereocenters. The quantitative estimate of drug-likeness (QED) is 0.699. The number of allylic oxidation sites excluding steroid dienone is 1. The van der Waals surface area contributed by atoms with Gasteiger partial charge in [0.2, 0.25) is 0 Å². The number of fused-ring (bicyclic) bond motifs is 4. The Hall–Kier alpha value is -1.08. The first-order valence-corrected chi connectivity index (χ1v) is 7.67. The van der Waals surface area contributed by atoms with E-state index in [0.29, 0.717) is 5.92 Å². The minimum atomic E-state index is -0.0768. The lowest BCUT2D eigenvalue weighted by Gasteiger charge is -2.44. The van der Waals surface area contributed by atoms with Crippen molar-refractivity contribution in [2.45, 2.75) is 57.0 Å². The molecule has 0 spiro atoms. The van der Waals surface area contributed by atoms with Gasteiger partial charge in [-0.15, -0.1) is 0 Å². The van der Waals surface area contributed by atoms with Crippen LogP contribution in [0.15, 0.2) is 35.4 Å². The van der Waals surface area contributed by atoms with E-state index in [9.17, 15) is 5.11 Å². The molecule has 3 aliphatic carbocycles. The van der Waals surface area contributed by atoms with Gasteiger partial charge in [-0.3, -0.25) is 0 Å². The topological polar surface area (TPSA) is 20.2 Å². The Bertz CT molecular complexity index is 557. The number of hydrogen-bond donors (Lipinski definition) is 1. The maximum absolute atomic E-state index is 10.00. The Labute approximate surface area is 115 Å². The summed E-state index contributed by atoms with van der Waals surface area (Å²) in [6.45, 7) is 2.44. The number of hydrogen-bond acceptors (Lipinski definition) is 1. The fourth-order valence-corrected chi connectivity index (χ4v) is 4.87. The van der Waals surface area contributed by atoms with Crippen LogP contribution in [0.3, 0.4) is 0 Å². The van der Waals surface area contributed by atoms with Crippen LogP contribution in [0.2, 0.25) is 0 Å². The van der Waals surface area contributed by atoms with Gasteiger partial charge in [-0.1, -0.05) is 42.3 Å². The molecular formula is C18H22O. The lowest BCUT2D eigenvalue weighted by atomic mass is 9.60. The lowest BCUT2D eigenvalue weighted by Crippen LogP contribution is -2.35. The van der Waals surface area contributed by atoms with E-state index >= 15 is 0 Å². The zero-order chi connectivity index (χ0) is 13.0. The molecule has 0 aliphatic heterocycles. The fourth-order valence-electron chi connectivity index (χ4n) is 4.87. The standard InChI is InChI=1S/C18H22O/c1-18-9-8-13-10-14(19)11-15(13)17(18)7-6-12-4-2-3-5-16(12)18/h2-5,13-14,19H,6-11H2,1H3/t13?,14-,18+/m1/s1. The van der Waals surface area contributed by atoms with Gasteiger partial charge >= 0.3 is 0 Å². The minimum absolute atomic E-state index is 0.0768. The molecule has 1 aromatic rings. The van der Waals surface area contributed by atoms with Gasteiger partial charge in [-0.05, 0) is 55.6 Å². The molecule has 1 nitrogen and oxygen atoms in total. The Morgan fingerprint density at radius 2 is 2.05 bits per heavy atom. The highest BCUT2D eigenvalue weighted by Crippen LogP contribution is 2.54. The van der Waals surface area contributed by atoms with Gasteiger partial charge in [0.05, 0.1) is 6.10 Å². The molecule has 1 aromatic carbocycles.